The van der Waals surface area contributed by atoms with Crippen molar-refractivity contribution in [2.75, 3.05) is 0 Å². The number of Topliss-reactive ketones (excluding diaryl/α,β-unsaturated/α-hetero) is 1. The molecule has 0 radical (unpaired) electrons. The summed E-state index contributed by atoms with van der Waals surface area (Å²) in [7, 11) is 0. The van der Waals surface area contributed by atoms with Gasteiger partial charge in [-0.2, -0.15) is 0 Å². The Labute approximate surface area is 172 Å². The van der Waals surface area contributed by atoms with E-state index < -0.39 is 6.04 Å². The average molecular weight is 409 g/mol. The normalized spacial score (nSPS) is 21.8. The second kappa shape index (κ2) is 6.17. The van der Waals surface area contributed by atoms with Gasteiger partial charge in [0, 0.05) is 28.1 Å². The maximum absolute atomic E-state index is 13.5. The molecule has 2 aromatic rings. The minimum absolute atomic E-state index is 0.000265. The van der Waals surface area contributed by atoms with Crippen LogP contribution in [0.3, 0.4) is 0 Å². The molecule has 0 spiro atoms. The van der Waals surface area contributed by atoms with Crippen LogP contribution in [0.4, 0.5) is 0 Å². The monoisotopic (exact) mass is 408 g/mol. The number of hydrogen-bond acceptors (Lipinski definition) is 3. The summed E-state index contributed by atoms with van der Waals surface area (Å²) in [6.07, 6.45) is 5.93. The summed E-state index contributed by atoms with van der Waals surface area (Å²) < 4.78 is 2.98. The van der Waals surface area contributed by atoms with Gasteiger partial charge in [0.1, 0.15) is 6.04 Å². The van der Waals surface area contributed by atoms with E-state index in [0.717, 1.165) is 12.0 Å². The summed E-state index contributed by atoms with van der Waals surface area (Å²) in [4.78, 5) is 40.2. The van der Waals surface area contributed by atoms with E-state index in [4.69, 9.17) is 11.6 Å². The molecule has 29 heavy (non-hydrogen) atoms. The van der Waals surface area contributed by atoms with Crippen LogP contribution in [0.15, 0.2) is 45.5 Å². The Balaban J connectivity index is 1.88. The Kier molecular flexibility index (Phi) is 3.91. The number of carbonyl (C=O) groups excluding carboxylic acids is 1. The van der Waals surface area contributed by atoms with Crippen molar-refractivity contribution < 1.29 is 4.79 Å². The Hall–Kier alpha value is -2.66. The van der Waals surface area contributed by atoms with Crippen LogP contribution in [0.25, 0.3) is 11.8 Å². The quantitative estimate of drug-likeness (QED) is 0.720. The van der Waals surface area contributed by atoms with Gasteiger partial charge in [0.25, 0.3) is 11.1 Å². The van der Waals surface area contributed by atoms with Crippen LogP contribution in [0.1, 0.15) is 55.8 Å². The Morgan fingerprint density at radius 1 is 1.03 bits per heavy atom. The van der Waals surface area contributed by atoms with Crippen LogP contribution in [0.5, 0.6) is 0 Å². The van der Waals surface area contributed by atoms with Crippen LogP contribution in [-0.2, 0) is 11.2 Å². The number of carbonyl (C=O) groups is 1. The van der Waals surface area contributed by atoms with Crippen molar-refractivity contribution in [3.8, 4) is 0 Å². The fraction of sp³-hybridized carbons (Fsp3) is 0.348. The van der Waals surface area contributed by atoms with Crippen molar-refractivity contribution in [3.63, 3.8) is 0 Å². The van der Waals surface area contributed by atoms with E-state index in [1.54, 1.807) is 18.2 Å². The third kappa shape index (κ3) is 2.64. The largest absolute Gasteiger partial charge is 0.294 e. The molecule has 6 heteroatoms. The molecular weight excluding hydrogens is 388 g/mol. The van der Waals surface area contributed by atoms with E-state index in [1.165, 1.54) is 9.36 Å². The molecular formula is C23H21ClN2O3. The second-order valence-electron chi connectivity index (χ2n) is 8.86. The zero-order valence-electron chi connectivity index (χ0n) is 16.4. The lowest BCUT2D eigenvalue weighted by Crippen LogP contribution is -2.41. The van der Waals surface area contributed by atoms with Crippen LogP contribution >= 0.6 is 11.6 Å². The van der Waals surface area contributed by atoms with Gasteiger partial charge < -0.3 is 0 Å². The molecule has 2 aliphatic carbocycles. The zero-order chi connectivity index (χ0) is 20.5. The van der Waals surface area contributed by atoms with Crippen LogP contribution in [-0.4, -0.2) is 15.1 Å². The van der Waals surface area contributed by atoms with Gasteiger partial charge in [0.2, 0.25) is 0 Å². The first kappa shape index (κ1) is 18.4. The highest BCUT2D eigenvalue weighted by molar-refractivity contribution is 6.30. The van der Waals surface area contributed by atoms with E-state index in [1.807, 2.05) is 32.1 Å². The van der Waals surface area contributed by atoms with Crippen molar-refractivity contribution in [3.05, 3.63) is 78.3 Å². The lowest BCUT2D eigenvalue weighted by atomic mass is 9.74. The first-order valence-corrected chi connectivity index (χ1v) is 10.3. The molecule has 0 amide bonds. The first-order valence-electron chi connectivity index (χ1n) is 9.88. The summed E-state index contributed by atoms with van der Waals surface area (Å²) in [6, 6.07) is 6.54. The van der Waals surface area contributed by atoms with Crippen molar-refractivity contribution in [2.24, 2.45) is 5.41 Å². The van der Waals surface area contributed by atoms with Gasteiger partial charge in [-0.1, -0.05) is 49.7 Å². The van der Waals surface area contributed by atoms with E-state index in [9.17, 15) is 14.4 Å². The lowest BCUT2D eigenvalue weighted by molar-refractivity contribution is -0.118. The highest BCUT2D eigenvalue weighted by Gasteiger charge is 2.45. The van der Waals surface area contributed by atoms with Gasteiger partial charge in [-0.25, -0.2) is 9.36 Å². The topological polar surface area (TPSA) is 61.1 Å². The van der Waals surface area contributed by atoms with Gasteiger partial charge in [0.15, 0.2) is 5.78 Å². The molecule has 5 nitrogen and oxygen atoms in total. The van der Waals surface area contributed by atoms with Crippen molar-refractivity contribution in [1.29, 1.82) is 0 Å². The molecule has 1 aromatic heterocycles. The standard InChI is InChI=1S/C23H21ClN2O3/c1-23(2)11-17-19(18(27)12-23)20(13-7-9-14(24)10-8-13)26-22(29)16-6-4-3-5-15(16)21(28)25(17)26/h4,6-10,20H,3,5,11-12H2,1-2H3. The molecule has 0 N–H and O–H groups in total. The van der Waals surface area contributed by atoms with Gasteiger partial charge in [0.05, 0.1) is 5.70 Å². The van der Waals surface area contributed by atoms with E-state index in [2.05, 4.69) is 0 Å². The highest BCUT2D eigenvalue weighted by Crippen LogP contribution is 2.46. The number of fused-ring (bicyclic) bond motifs is 3. The Morgan fingerprint density at radius 2 is 1.76 bits per heavy atom. The SMILES string of the molecule is CC1(C)CC(=O)C2=C(C1)n1c(=O)c3c(c(=O)n1C2c1ccc(Cl)cc1)C=CCC3. The van der Waals surface area contributed by atoms with Crippen LogP contribution in [0.2, 0.25) is 5.02 Å². The van der Waals surface area contributed by atoms with Crippen LogP contribution in [0, 0.1) is 5.41 Å². The van der Waals surface area contributed by atoms with Crippen molar-refractivity contribution in [2.45, 2.75) is 45.6 Å². The average Bonchev–Trinajstić information content (AvgIpc) is 3.01. The molecule has 0 saturated heterocycles. The molecule has 3 aliphatic rings. The first-order chi connectivity index (χ1) is 13.8. The summed E-state index contributed by atoms with van der Waals surface area (Å²) >= 11 is 6.06. The molecule has 0 bridgehead atoms. The summed E-state index contributed by atoms with van der Waals surface area (Å²) in [5.74, 6) is -0.000265. The maximum Gasteiger partial charge on any atom is 0.274 e. The number of ketones is 1. The minimum atomic E-state index is -0.605. The molecule has 1 aromatic carbocycles. The van der Waals surface area contributed by atoms with E-state index in [0.29, 0.717) is 46.7 Å². The lowest BCUT2D eigenvalue weighted by Gasteiger charge is -2.30. The minimum Gasteiger partial charge on any atom is -0.294 e. The maximum atomic E-state index is 13.5. The molecule has 2 heterocycles. The Bertz CT molecular complexity index is 1240. The van der Waals surface area contributed by atoms with Crippen LogP contribution < -0.4 is 11.1 Å². The fourth-order valence-electron chi connectivity index (χ4n) is 4.89. The number of aromatic nitrogens is 2. The Morgan fingerprint density at radius 3 is 2.48 bits per heavy atom. The molecule has 5 rings (SSSR count). The van der Waals surface area contributed by atoms with Gasteiger partial charge in [-0.15, -0.1) is 0 Å². The number of rotatable bonds is 1. The zero-order valence-corrected chi connectivity index (χ0v) is 17.1. The summed E-state index contributed by atoms with van der Waals surface area (Å²) in [5, 5.41) is 0.579. The highest BCUT2D eigenvalue weighted by atomic mass is 35.5. The third-order valence-electron chi connectivity index (χ3n) is 6.13. The predicted octanol–water partition coefficient (Wildman–Crippen LogP) is 3.83. The molecule has 148 valence electrons. The van der Waals surface area contributed by atoms with Gasteiger partial charge in [-0.05, 0) is 42.4 Å². The molecule has 0 saturated carbocycles. The number of nitrogens with zero attached hydrogens (tertiary/aromatic N) is 2. The smallest absolute Gasteiger partial charge is 0.274 e. The molecule has 1 unspecified atom stereocenters. The summed E-state index contributed by atoms with van der Waals surface area (Å²) in [6.45, 7) is 4.05. The fourth-order valence-corrected chi connectivity index (χ4v) is 5.01. The second-order valence-corrected chi connectivity index (χ2v) is 9.29. The van der Waals surface area contributed by atoms with Crippen molar-refractivity contribution in [1.82, 2.24) is 9.36 Å². The molecule has 1 atom stereocenters. The van der Waals surface area contributed by atoms with Gasteiger partial charge in [-0.3, -0.25) is 14.4 Å². The van der Waals surface area contributed by atoms with Crippen molar-refractivity contribution >= 4 is 29.2 Å². The predicted molar refractivity (Wildman–Crippen MR) is 113 cm³/mol. The molecule has 0 fully saturated rings. The third-order valence-corrected chi connectivity index (χ3v) is 6.38. The number of benzene rings is 1. The van der Waals surface area contributed by atoms with E-state index in [-0.39, 0.29) is 22.3 Å². The summed E-state index contributed by atoms with van der Waals surface area (Å²) in [5.41, 5.74) is 2.34. The van der Waals surface area contributed by atoms with Gasteiger partial charge >= 0.3 is 0 Å². The number of allylic oxidation sites excluding steroid dienone is 3. The number of halogens is 1. The molecule has 1 aliphatic heterocycles. The van der Waals surface area contributed by atoms with E-state index >= 15 is 0 Å². The number of hydrogen-bond donors (Lipinski definition) is 0.